The molecule has 0 fully saturated rings. The summed E-state index contributed by atoms with van der Waals surface area (Å²) in [4.78, 5) is 23.3. The highest BCUT2D eigenvalue weighted by molar-refractivity contribution is 7.91. The maximum Gasteiger partial charge on any atom is 0.348 e. The lowest BCUT2D eigenvalue weighted by molar-refractivity contribution is -0.140. The van der Waals surface area contributed by atoms with Gasteiger partial charge in [-0.15, -0.1) is 11.3 Å². The highest BCUT2D eigenvalue weighted by Gasteiger charge is 2.15. The van der Waals surface area contributed by atoms with Crippen molar-refractivity contribution >= 4 is 39.0 Å². The molecular formula is C20H17NO6S2. The van der Waals surface area contributed by atoms with Crippen LogP contribution in [0.5, 0.6) is 0 Å². The van der Waals surface area contributed by atoms with Gasteiger partial charge in [-0.3, -0.25) is 4.72 Å². The van der Waals surface area contributed by atoms with Crippen LogP contribution < -0.4 is 4.72 Å². The molecule has 0 radical (unpaired) electrons. The van der Waals surface area contributed by atoms with Gasteiger partial charge in [0.2, 0.25) is 10.0 Å². The van der Waals surface area contributed by atoms with Crippen molar-refractivity contribution in [2.45, 2.75) is 5.75 Å². The Morgan fingerprint density at radius 2 is 1.76 bits per heavy atom. The Morgan fingerprint density at radius 1 is 1.00 bits per heavy atom. The Balaban J connectivity index is 1.73. The number of nitrogens with one attached hydrogen (secondary N) is 1. The van der Waals surface area contributed by atoms with Crippen molar-refractivity contribution in [1.29, 1.82) is 0 Å². The van der Waals surface area contributed by atoms with E-state index in [9.17, 15) is 18.0 Å². The van der Waals surface area contributed by atoms with Crippen molar-refractivity contribution in [3.63, 3.8) is 0 Å². The molecule has 0 aliphatic heterocycles. The second-order valence-electron chi connectivity index (χ2n) is 6.06. The van der Waals surface area contributed by atoms with E-state index in [0.717, 1.165) is 16.2 Å². The minimum atomic E-state index is -3.59. The fourth-order valence-corrected chi connectivity index (χ4v) is 4.63. The molecule has 0 aliphatic rings. The molecule has 3 aromatic rings. The van der Waals surface area contributed by atoms with Crippen molar-refractivity contribution in [3.8, 4) is 10.4 Å². The van der Waals surface area contributed by atoms with Crippen LogP contribution in [0.15, 0.2) is 66.7 Å². The SMILES string of the molecule is O=C(O)COC(=O)c1ccc(-c2cccc(NS(=O)(=O)Cc3ccccc3)c2)s1. The summed E-state index contributed by atoms with van der Waals surface area (Å²) in [5.41, 5.74) is 1.80. The van der Waals surface area contributed by atoms with Gasteiger partial charge in [0.05, 0.1) is 5.75 Å². The van der Waals surface area contributed by atoms with Crippen LogP contribution >= 0.6 is 11.3 Å². The first-order chi connectivity index (χ1) is 13.8. The van der Waals surface area contributed by atoms with Gasteiger partial charge in [-0.25, -0.2) is 18.0 Å². The average Bonchev–Trinajstić information content (AvgIpc) is 3.16. The fraction of sp³-hybridized carbons (Fsp3) is 0.100. The predicted octanol–water partition coefficient (Wildman–Crippen LogP) is 3.60. The topological polar surface area (TPSA) is 110 Å². The fourth-order valence-electron chi connectivity index (χ4n) is 2.55. The van der Waals surface area contributed by atoms with Crippen LogP contribution in [0.2, 0.25) is 0 Å². The zero-order valence-corrected chi connectivity index (χ0v) is 16.7. The van der Waals surface area contributed by atoms with Crippen LogP contribution in [0, 0.1) is 0 Å². The van der Waals surface area contributed by atoms with E-state index in [2.05, 4.69) is 9.46 Å². The number of ether oxygens (including phenoxy) is 1. The summed E-state index contributed by atoms with van der Waals surface area (Å²) in [6, 6.07) is 18.9. The van der Waals surface area contributed by atoms with E-state index in [-0.39, 0.29) is 10.6 Å². The number of rotatable bonds is 8. The molecule has 3 rings (SSSR count). The second kappa shape index (κ2) is 8.89. The molecule has 0 aliphatic carbocycles. The van der Waals surface area contributed by atoms with Crippen molar-refractivity contribution in [1.82, 2.24) is 0 Å². The van der Waals surface area contributed by atoms with E-state index < -0.39 is 28.6 Å². The number of carboxylic acid groups (broad SMARTS) is 1. The molecule has 0 saturated carbocycles. The van der Waals surface area contributed by atoms with Gasteiger partial charge in [-0.2, -0.15) is 0 Å². The lowest BCUT2D eigenvalue weighted by Gasteiger charge is -2.09. The third kappa shape index (κ3) is 5.90. The van der Waals surface area contributed by atoms with Gasteiger partial charge in [0.1, 0.15) is 4.88 Å². The number of hydrogen-bond donors (Lipinski definition) is 2. The number of sulfonamides is 1. The Morgan fingerprint density at radius 3 is 2.48 bits per heavy atom. The molecule has 9 heteroatoms. The van der Waals surface area contributed by atoms with Crippen molar-refractivity contribution < 1.29 is 27.9 Å². The molecule has 150 valence electrons. The minimum absolute atomic E-state index is 0.142. The number of benzene rings is 2. The first kappa shape index (κ1) is 20.6. The normalized spacial score (nSPS) is 11.0. The van der Waals surface area contributed by atoms with Crippen LogP contribution in [-0.2, 0) is 25.3 Å². The Labute approximate surface area is 171 Å². The highest BCUT2D eigenvalue weighted by Crippen LogP contribution is 2.30. The standard InChI is InChI=1S/C20H17NO6S2/c22-19(23)12-27-20(24)18-10-9-17(28-18)15-7-4-8-16(11-15)21-29(25,26)13-14-5-2-1-3-6-14/h1-11,21H,12-13H2,(H,22,23). The van der Waals surface area contributed by atoms with Crippen molar-refractivity contribution in [3.05, 3.63) is 77.2 Å². The third-order valence-electron chi connectivity index (χ3n) is 3.75. The van der Waals surface area contributed by atoms with Gasteiger partial charge in [-0.05, 0) is 35.4 Å². The van der Waals surface area contributed by atoms with Gasteiger partial charge >= 0.3 is 11.9 Å². The molecule has 2 aromatic carbocycles. The van der Waals surface area contributed by atoms with Crippen LogP contribution in [0.25, 0.3) is 10.4 Å². The smallest absolute Gasteiger partial charge is 0.348 e. The first-order valence-electron chi connectivity index (χ1n) is 8.46. The number of aliphatic carboxylic acids is 1. The zero-order chi connectivity index (χ0) is 20.9. The molecule has 0 unspecified atom stereocenters. The molecule has 0 saturated heterocycles. The number of anilines is 1. The maximum atomic E-state index is 12.4. The Kier molecular flexibility index (Phi) is 6.30. The molecule has 0 amide bonds. The molecule has 0 bridgehead atoms. The summed E-state index contributed by atoms with van der Waals surface area (Å²) in [7, 11) is -3.59. The largest absolute Gasteiger partial charge is 0.479 e. The molecular weight excluding hydrogens is 414 g/mol. The molecule has 1 heterocycles. The summed E-state index contributed by atoms with van der Waals surface area (Å²) in [5.74, 6) is -2.09. The number of carboxylic acids is 1. The van der Waals surface area contributed by atoms with E-state index in [0.29, 0.717) is 16.8 Å². The van der Waals surface area contributed by atoms with E-state index in [1.807, 2.05) is 6.07 Å². The quantitative estimate of drug-likeness (QED) is 0.528. The van der Waals surface area contributed by atoms with E-state index in [1.165, 1.54) is 6.07 Å². The highest BCUT2D eigenvalue weighted by atomic mass is 32.2. The second-order valence-corrected chi connectivity index (χ2v) is 8.87. The van der Waals surface area contributed by atoms with Crippen molar-refractivity contribution in [2.24, 2.45) is 0 Å². The number of carbonyl (C=O) groups excluding carboxylic acids is 1. The Bertz CT molecular complexity index is 1120. The number of esters is 1. The number of thiophene rings is 1. The molecule has 1 aromatic heterocycles. The lowest BCUT2D eigenvalue weighted by atomic mass is 10.2. The molecule has 29 heavy (non-hydrogen) atoms. The lowest BCUT2D eigenvalue weighted by Crippen LogP contribution is -2.15. The van der Waals surface area contributed by atoms with Crippen LogP contribution in [0.3, 0.4) is 0 Å². The third-order valence-corrected chi connectivity index (χ3v) is 6.13. The van der Waals surface area contributed by atoms with Crippen molar-refractivity contribution in [2.75, 3.05) is 11.3 Å². The van der Waals surface area contributed by atoms with E-state index in [4.69, 9.17) is 5.11 Å². The van der Waals surface area contributed by atoms with Crippen LogP contribution in [-0.4, -0.2) is 32.1 Å². The van der Waals surface area contributed by atoms with Crippen LogP contribution in [0.1, 0.15) is 15.2 Å². The average molecular weight is 431 g/mol. The predicted molar refractivity (Wildman–Crippen MR) is 110 cm³/mol. The summed E-state index contributed by atoms with van der Waals surface area (Å²) in [6.07, 6.45) is 0. The number of carbonyl (C=O) groups is 2. The van der Waals surface area contributed by atoms with Gasteiger partial charge < -0.3 is 9.84 Å². The Hall–Kier alpha value is -3.17. The minimum Gasteiger partial charge on any atom is -0.479 e. The van der Waals surface area contributed by atoms with Gasteiger partial charge in [0.15, 0.2) is 6.61 Å². The van der Waals surface area contributed by atoms with Crippen LogP contribution in [0.4, 0.5) is 5.69 Å². The zero-order valence-electron chi connectivity index (χ0n) is 15.1. The monoisotopic (exact) mass is 431 g/mol. The molecule has 7 nitrogen and oxygen atoms in total. The molecule has 0 spiro atoms. The summed E-state index contributed by atoms with van der Waals surface area (Å²) >= 11 is 1.13. The number of hydrogen-bond acceptors (Lipinski definition) is 6. The van der Waals surface area contributed by atoms with E-state index >= 15 is 0 Å². The summed E-state index contributed by atoms with van der Waals surface area (Å²) in [6.45, 7) is -0.704. The summed E-state index contributed by atoms with van der Waals surface area (Å²) < 4.78 is 32.1. The van der Waals surface area contributed by atoms with Gasteiger partial charge in [-0.1, -0.05) is 42.5 Å². The van der Waals surface area contributed by atoms with Gasteiger partial charge in [0, 0.05) is 10.6 Å². The maximum absolute atomic E-state index is 12.4. The molecule has 0 atom stereocenters. The first-order valence-corrected chi connectivity index (χ1v) is 10.9. The van der Waals surface area contributed by atoms with Gasteiger partial charge in [0.25, 0.3) is 0 Å². The molecule has 2 N–H and O–H groups in total. The summed E-state index contributed by atoms with van der Waals surface area (Å²) in [5, 5.41) is 8.58. The van der Waals surface area contributed by atoms with E-state index in [1.54, 1.807) is 54.6 Å².